The summed E-state index contributed by atoms with van der Waals surface area (Å²) in [5.74, 6) is 1.29. The van der Waals surface area contributed by atoms with Crippen molar-refractivity contribution in [2.75, 3.05) is 205 Å². The molecule has 0 atom stereocenters. The van der Waals surface area contributed by atoms with Crippen molar-refractivity contribution >= 4 is 5.97 Å². The van der Waals surface area contributed by atoms with Gasteiger partial charge >= 0.3 is 5.97 Å². The van der Waals surface area contributed by atoms with E-state index in [9.17, 15) is 4.79 Å². The molecule has 0 aliphatic rings. The molecule has 0 aromatic heterocycles. The van der Waals surface area contributed by atoms with Gasteiger partial charge in [0.25, 0.3) is 0 Å². The number of carbonyl (C=O) groups is 1. The average molecular weight is 1080 g/mol. The van der Waals surface area contributed by atoms with Crippen molar-refractivity contribution < 1.29 is 94.8 Å². The third kappa shape index (κ3) is 42.0. The van der Waals surface area contributed by atoms with Crippen molar-refractivity contribution in [2.24, 2.45) is 0 Å². The van der Waals surface area contributed by atoms with Crippen molar-refractivity contribution in [1.82, 2.24) is 0 Å². The predicted octanol–water partition coefficient (Wildman–Crippen LogP) is 5.81. The third-order valence-corrected chi connectivity index (χ3v) is 9.67. The minimum absolute atomic E-state index is 0.106. The molecule has 0 saturated carbocycles. The van der Waals surface area contributed by atoms with Crippen LogP contribution >= 0.6 is 0 Å². The Bertz CT molecular complexity index is 1650. The first-order chi connectivity index (χ1) is 37.4. The summed E-state index contributed by atoms with van der Waals surface area (Å²) in [6.45, 7) is 19.2. The molecule has 0 amide bonds. The molecule has 0 N–H and O–H groups in total. The fourth-order valence-corrected chi connectivity index (χ4v) is 6.14. The van der Waals surface area contributed by atoms with Gasteiger partial charge < -0.3 is 90.0 Å². The molecule has 76 heavy (non-hydrogen) atoms. The Morgan fingerprint density at radius 2 is 0.526 bits per heavy atom. The zero-order chi connectivity index (χ0) is 53.9. The van der Waals surface area contributed by atoms with Crippen molar-refractivity contribution in [3.05, 3.63) is 90.0 Å². The van der Waals surface area contributed by atoms with Gasteiger partial charge in [0, 0.05) is 18.2 Å². The fourth-order valence-electron chi connectivity index (χ4n) is 6.14. The maximum atomic E-state index is 11.6. The number of ether oxygens (including phenoxy) is 19. The average Bonchev–Trinajstić information content (AvgIpc) is 3.41. The minimum atomic E-state index is -0.536. The van der Waals surface area contributed by atoms with E-state index in [0.717, 1.165) is 11.1 Å². The van der Waals surface area contributed by atoms with Crippen LogP contribution in [0, 0.1) is 0 Å². The van der Waals surface area contributed by atoms with Gasteiger partial charge in [-0.25, -0.2) is 4.79 Å². The normalized spacial score (nSPS) is 11.6. The van der Waals surface area contributed by atoms with Crippen molar-refractivity contribution in [1.29, 1.82) is 0 Å². The molecule has 0 fully saturated rings. The molecule has 3 rings (SSSR count). The molecule has 3 aromatic carbocycles. The summed E-state index contributed by atoms with van der Waals surface area (Å²) >= 11 is 0. The molecule has 0 aliphatic carbocycles. The van der Waals surface area contributed by atoms with E-state index in [4.69, 9.17) is 90.0 Å². The second-order valence-corrected chi connectivity index (χ2v) is 17.2. The van der Waals surface area contributed by atoms with Crippen LogP contribution in [0.5, 0.6) is 17.2 Å². The standard InChI is InChI=1S/C56H88O20/c1-56(2,3)76-55(57)49-72-37-34-66-25-22-60-16-19-63-28-31-69-40-43-75-54-45-52(73-41-38-67-29-26-61-17-14-58-20-23-64-32-35-70-47-50-10-6-4-7-11-50)44-53(46-54)74-42-39-68-30-27-62-18-15-59-21-24-65-33-36-71-48-51-12-8-5-9-13-51/h4-13,44-46H,14-43,47-49H2,1-3H3. The Kier molecular flexibility index (Phi) is 41.9. The van der Waals surface area contributed by atoms with Crippen LogP contribution < -0.4 is 14.2 Å². The zero-order valence-corrected chi connectivity index (χ0v) is 45.5. The van der Waals surface area contributed by atoms with Crippen LogP contribution in [0.2, 0.25) is 0 Å². The summed E-state index contributed by atoms with van der Waals surface area (Å²) in [5.41, 5.74) is 1.75. The Morgan fingerprint density at radius 3 is 0.776 bits per heavy atom. The molecule has 0 aliphatic heterocycles. The molecule has 0 spiro atoms. The van der Waals surface area contributed by atoms with Gasteiger partial charge in [0.1, 0.15) is 49.3 Å². The number of carbonyl (C=O) groups excluding carboxylic acids is 1. The van der Waals surface area contributed by atoms with E-state index in [1.54, 1.807) is 18.2 Å². The lowest BCUT2D eigenvalue weighted by Gasteiger charge is -2.19. The smallest absolute Gasteiger partial charge is 0.332 e. The van der Waals surface area contributed by atoms with Crippen LogP contribution in [0.15, 0.2) is 78.9 Å². The summed E-state index contributed by atoms with van der Waals surface area (Å²) in [7, 11) is 0. The van der Waals surface area contributed by atoms with Crippen molar-refractivity contribution in [3.63, 3.8) is 0 Å². The van der Waals surface area contributed by atoms with Gasteiger partial charge in [-0.05, 0) is 31.9 Å². The van der Waals surface area contributed by atoms with Crippen molar-refractivity contribution in [2.45, 2.75) is 39.6 Å². The number of benzene rings is 3. The maximum Gasteiger partial charge on any atom is 0.332 e. The van der Waals surface area contributed by atoms with Gasteiger partial charge in [0.2, 0.25) is 0 Å². The van der Waals surface area contributed by atoms with Gasteiger partial charge in [-0.1, -0.05) is 60.7 Å². The minimum Gasteiger partial charge on any atom is -0.491 e. The topological polar surface area (TPSA) is 192 Å². The number of esters is 1. The lowest BCUT2D eigenvalue weighted by atomic mass is 10.2. The zero-order valence-electron chi connectivity index (χ0n) is 45.5. The molecule has 432 valence electrons. The summed E-state index contributed by atoms with van der Waals surface area (Å²) in [5, 5.41) is 0. The Hall–Kier alpha value is -4.07. The molecular weight excluding hydrogens is 993 g/mol. The Morgan fingerprint density at radius 1 is 0.303 bits per heavy atom. The van der Waals surface area contributed by atoms with E-state index < -0.39 is 11.6 Å². The second kappa shape index (κ2) is 48.1. The van der Waals surface area contributed by atoms with Crippen LogP contribution in [-0.2, 0) is 93.8 Å². The molecule has 3 aromatic rings. The van der Waals surface area contributed by atoms with Gasteiger partial charge in [0.05, 0.1) is 192 Å². The molecule has 0 heterocycles. The molecular formula is C56H88O20. The summed E-state index contributed by atoms with van der Waals surface area (Å²) < 4.78 is 107. The van der Waals surface area contributed by atoms with Crippen LogP contribution in [-0.4, -0.2) is 216 Å². The fraction of sp³-hybridized carbons (Fsp3) is 0.661. The van der Waals surface area contributed by atoms with E-state index in [1.165, 1.54) is 0 Å². The molecule has 20 heteroatoms. The monoisotopic (exact) mass is 1080 g/mol. The van der Waals surface area contributed by atoms with E-state index in [-0.39, 0.29) is 6.61 Å². The summed E-state index contributed by atoms with van der Waals surface area (Å²) in [6.07, 6.45) is 0. The lowest BCUT2D eigenvalue weighted by molar-refractivity contribution is -0.160. The molecule has 0 bridgehead atoms. The number of hydrogen-bond acceptors (Lipinski definition) is 20. The second-order valence-electron chi connectivity index (χ2n) is 17.2. The highest BCUT2D eigenvalue weighted by atomic mass is 16.6. The summed E-state index contributed by atoms with van der Waals surface area (Å²) in [4.78, 5) is 11.6. The van der Waals surface area contributed by atoms with Crippen molar-refractivity contribution in [3.8, 4) is 17.2 Å². The van der Waals surface area contributed by atoms with Gasteiger partial charge in [-0.15, -0.1) is 0 Å². The lowest BCUT2D eigenvalue weighted by Crippen LogP contribution is -2.27. The predicted molar refractivity (Wildman–Crippen MR) is 282 cm³/mol. The highest BCUT2D eigenvalue weighted by Crippen LogP contribution is 2.28. The molecule has 0 saturated heterocycles. The summed E-state index contributed by atoms with van der Waals surface area (Å²) in [6, 6.07) is 25.5. The maximum absolute atomic E-state index is 11.6. The highest BCUT2D eigenvalue weighted by Gasteiger charge is 2.16. The quantitative estimate of drug-likeness (QED) is 0.0485. The first kappa shape index (κ1) is 66.2. The highest BCUT2D eigenvalue weighted by molar-refractivity contribution is 5.71. The van der Waals surface area contributed by atoms with Crippen LogP contribution in [0.25, 0.3) is 0 Å². The largest absolute Gasteiger partial charge is 0.491 e. The molecule has 0 unspecified atom stereocenters. The van der Waals surface area contributed by atoms with E-state index in [2.05, 4.69) is 0 Å². The number of hydrogen-bond donors (Lipinski definition) is 0. The SMILES string of the molecule is CC(C)(C)OC(=O)COCCOCCOCCOCCOCCOc1cc(OCCOCCOCCOCCOCCOCc2ccccc2)cc(OCCOCCOCCOCCOCCOCc2ccccc2)c1. The van der Waals surface area contributed by atoms with E-state index in [0.29, 0.717) is 229 Å². The van der Waals surface area contributed by atoms with Gasteiger partial charge in [-0.3, -0.25) is 0 Å². The van der Waals surface area contributed by atoms with Gasteiger partial charge in [-0.2, -0.15) is 0 Å². The van der Waals surface area contributed by atoms with Crippen LogP contribution in [0.4, 0.5) is 0 Å². The van der Waals surface area contributed by atoms with Crippen LogP contribution in [0.1, 0.15) is 31.9 Å². The van der Waals surface area contributed by atoms with E-state index >= 15 is 0 Å². The Balaban J connectivity index is 1.19. The third-order valence-electron chi connectivity index (χ3n) is 9.67. The number of rotatable bonds is 54. The first-order valence-corrected chi connectivity index (χ1v) is 26.4. The first-order valence-electron chi connectivity index (χ1n) is 26.4. The molecule has 20 nitrogen and oxygen atoms in total. The van der Waals surface area contributed by atoms with Gasteiger partial charge in [0.15, 0.2) is 0 Å². The van der Waals surface area contributed by atoms with Crippen LogP contribution in [0.3, 0.4) is 0 Å². The van der Waals surface area contributed by atoms with E-state index in [1.807, 2.05) is 81.4 Å². The Labute approximate surface area is 451 Å². The molecule has 0 radical (unpaired) electrons.